The fraction of sp³-hybridized carbons (Fsp3) is 0.722. The van der Waals surface area contributed by atoms with E-state index in [1.165, 1.54) is 0 Å². The van der Waals surface area contributed by atoms with Gasteiger partial charge in [-0.3, -0.25) is 14.6 Å². The lowest BCUT2D eigenvalue weighted by Crippen LogP contribution is -2.51. The Bertz CT molecular complexity index is 504. The minimum absolute atomic E-state index is 0.269. The number of nitrogens with zero attached hydrogens (tertiary/aromatic N) is 3. The van der Waals surface area contributed by atoms with E-state index in [2.05, 4.69) is 16.7 Å². The fourth-order valence-corrected chi connectivity index (χ4v) is 3.49. The summed E-state index contributed by atoms with van der Waals surface area (Å²) in [4.78, 5) is 18.9. The van der Waals surface area contributed by atoms with E-state index in [-0.39, 0.29) is 5.91 Å². The maximum atomic E-state index is 12.4. The highest BCUT2D eigenvalue weighted by Crippen LogP contribution is 2.17. The van der Waals surface area contributed by atoms with Crippen LogP contribution in [0.3, 0.4) is 0 Å². The number of piperidine rings is 1. The van der Waals surface area contributed by atoms with Crippen molar-refractivity contribution in [1.29, 1.82) is 0 Å². The number of aliphatic hydroxyl groups is 1. The van der Waals surface area contributed by atoms with Crippen molar-refractivity contribution in [3.63, 3.8) is 0 Å². The lowest BCUT2D eigenvalue weighted by Gasteiger charge is -2.37. The van der Waals surface area contributed by atoms with Crippen molar-refractivity contribution in [2.75, 3.05) is 52.4 Å². The smallest absolute Gasteiger partial charge is 0.236 e. The average Bonchev–Trinajstić information content (AvgIpc) is 3.12. The normalized spacial score (nSPS) is 22.7. The second-order valence-electron chi connectivity index (χ2n) is 7.17. The van der Waals surface area contributed by atoms with Crippen LogP contribution in [0.1, 0.15) is 31.6 Å². The Hall–Kier alpha value is -1.37. The molecule has 0 unspecified atom stereocenters. The number of aliphatic hydroxyl groups excluding tert-OH is 1. The molecule has 0 aromatic carbocycles. The van der Waals surface area contributed by atoms with Gasteiger partial charge in [-0.05, 0) is 30.9 Å². The van der Waals surface area contributed by atoms with Crippen molar-refractivity contribution in [3.8, 4) is 0 Å². The third-order valence-electron chi connectivity index (χ3n) is 5.26. The zero-order chi connectivity index (χ0) is 16.9. The van der Waals surface area contributed by atoms with Crippen LogP contribution in [0.5, 0.6) is 0 Å². The maximum absolute atomic E-state index is 12.4. The molecule has 0 spiro atoms. The third-order valence-corrected chi connectivity index (χ3v) is 5.26. The number of amides is 1. The monoisotopic (exact) mass is 335 g/mol. The lowest BCUT2D eigenvalue weighted by molar-refractivity contribution is -0.134. The van der Waals surface area contributed by atoms with Crippen molar-refractivity contribution in [1.82, 2.24) is 14.7 Å². The van der Waals surface area contributed by atoms with E-state index in [9.17, 15) is 9.90 Å². The third kappa shape index (κ3) is 4.59. The zero-order valence-electron chi connectivity index (χ0n) is 14.6. The quantitative estimate of drug-likeness (QED) is 0.876. The predicted octanol–water partition coefficient (Wildman–Crippen LogP) is 1.19. The molecule has 3 rings (SSSR count). The molecule has 3 heterocycles. The lowest BCUT2D eigenvalue weighted by atomic mass is 9.99. The van der Waals surface area contributed by atoms with Crippen LogP contribution in [-0.4, -0.2) is 78.1 Å². The maximum Gasteiger partial charge on any atom is 0.236 e. The van der Waals surface area contributed by atoms with E-state index in [0.29, 0.717) is 18.8 Å². The Morgan fingerprint density at radius 3 is 2.50 bits per heavy atom. The van der Waals surface area contributed by atoms with Gasteiger partial charge in [0.25, 0.3) is 0 Å². The van der Waals surface area contributed by atoms with Crippen molar-refractivity contribution in [3.05, 3.63) is 24.2 Å². The van der Waals surface area contributed by atoms with E-state index in [4.69, 9.17) is 4.42 Å². The molecule has 0 radical (unpaired) electrons. The Morgan fingerprint density at radius 2 is 1.88 bits per heavy atom. The number of hydrogen-bond acceptors (Lipinski definition) is 5. The molecule has 134 valence electrons. The number of carbonyl (C=O) groups is 1. The van der Waals surface area contributed by atoms with Crippen LogP contribution in [0.25, 0.3) is 0 Å². The van der Waals surface area contributed by atoms with Gasteiger partial charge in [0.2, 0.25) is 5.91 Å². The Kier molecular flexibility index (Phi) is 5.92. The number of rotatable bonds is 5. The standard InChI is InChI=1S/C18H29N3O3/c1-15-4-6-21(7-5-15)18(23)14-20-10-8-19(9-11-20)13-16(22)17-3-2-12-24-17/h2-3,12,15-16,22H,4-11,13-14H2,1H3/t16-/m1/s1. The van der Waals surface area contributed by atoms with Gasteiger partial charge >= 0.3 is 0 Å². The number of hydrogen-bond donors (Lipinski definition) is 1. The zero-order valence-corrected chi connectivity index (χ0v) is 14.6. The molecule has 6 nitrogen and oxygen atoms in total. The van der Waals surface area contributed by atoms with Gasteiger partial charge in [0.1, 0.15) is 11.9 Å². The first-order valence-electron chi connectivity index (χ1n) is 9.06. The summed E-state index contributed by atoms with van der Waals surface area (Å²) in [5, 5.41) is 10.2. The number of furan rings is 1. The summed E-state index contributed by atoms with van der Waals surface area (Å²) in [6.45, 7) is 8.71. The molecular formula is C18H29N3O3. The van der Waals surface area contributed by atoms with E-state index in [0.717, 1.165) is 58.0 Å². The highest BCUT2D eigenvalue weighted by Gasteiger charge is 2.25. The number of carbonyl (C=O) groups excluding carboxylic acids is 1. The van der Waals surface area contributed by atoms with Crippen LogP contribution in [0.15, 0.2) is 22.8 Å². The van der Waals surface area contributed by atoms with Gasteiger partial charge in [-0.15, -0.1) is 0 Å². The first-order valence-corrected chi connectivity index (χ1v) is 9.06. The summed E-state index contributed by atoms with van der Waals surface area (Å²) >= 11 is 0. The first kappa shape index (κ1) is 17.5. The second kappa shape index (κ2) is 8.14. The average molecular weight is 335 g/mol. The highest BCUT2D eigenvalue weighted by atomic mass is 16.4. The molecule has 2 aliphatic rings. The van der Waals surface area contributed by atoms with Gasteiger partial charge in [-0.2, -0.15) is 0 Å². The van der Waals surface area contributed by atoms with Gasteiger partial charge in [-0.1, -0.05) is 6.92 Å². The Balaban J connectivity index is 1.38. The predicted molar refractivity (Wildman–Crippen MR) is 91.5 cm³/mol. The highest BCUT2D eigenvalue weighted by molar-refractivity contribution is 5.78. The Labute approximate surface area is 144 Å². The van der Waals surface area contributed by atoms with Crippen molar-refractivity contribution < 1.29 is 14.3 Å². The van der Waals surface area contributed by atoms with Gasteiger partial charge < -0.3 is 14.4 Å². The molecule has 2 aliphatic heterocycles. The molecule has 0 bridgehead atoms. The molecule has 6 heteroatoms. The molecule has 0 saturated carbocycles. The van der Waals surface area contributed by atoms with E-state index < -0.39 is 6.10 Å². The van der Waals surface area contributed by atoms with Gasteiger partial charge in [0.15, 0.2) is 0 Å². The molecule has 1 atom stereocenters. The summed E-state index contributed by atoms with van der Waals surface area (Å²) in [5.41, 5.74) is 0. The minimum Gasteiger partial charge on any atom is -0.467 e. The first-order chi connectivity index (χ1) is 11.6. The second-order valence-corrected chi connectivity index (χ2v) is 7.17. The van der Waals surface area contributed by atoms with E-state index in [1.54, 1.807) is 18.4 Å². The van der Waals surface area contributed by atoms with Crippen molar-refractivity contribution >= 4 is 5.91 Å². The van der Waals surface area contributed by atoms with Gasteiger partial charge in [0, 0.05) is 45.8 Å². The molecule has 1 amide bonds. The number of β-amino-alcohol motifs (C(OH)–C–C–N with tert-alkyl or cyclic N) is 1. The van der Waals surface area contributed by atoms with Crippen LogP contribution < -0.4 is 0 Å². The largest absolute Gasteiger partial charge is 0.467 e. The summed E-state index contributed by atoms with van der Waals surface area (Å²) in [5.74, 6) is 1.64. The van der Waals surface area contributed by atoms with Crippen LogP contribution in [0.2, 0.25) is 0 Å². The van der Waals surface area contributed by atoms with E-state index >= 15 is 0 Å². The molecule has 1 aromatic rings. The van der Waals surface area contributed by atoms with E-state index in [1.807, 2.05) is 4.90 Å². The van der Waals surface area contributed by atoms with Gasteiger partial charge in [-0.25, -0.2) is 0 Å². The Morgan fingerprint density at radius 1 is 1.21 bits per heavy atom. The number of likely N-dealkylation sites (tertiary alicyclic amines) is 1. The molecule has 2 saturated heterocycles. The van der Waals surface area contributed by atoms with Crippen LogP contribution >= 0.6 is 0 Å². The topological polar surface area (TPSA) is 60.2 Å². The summed E-state index contributed by atoms with van der Waals surface area (Å²) in [6.07, 6.45) is 3.26. The summed E-state index contributed by atoms with van der Waals surface area (Å²) in [6, 6.07) is 3.60. The number of piperazine rings is 1. The van der Waals surface area contributed by atoms with Crippen LogP contribution in [-0.2, 0) is 4.79 Å². The summed E-state index contributed by atoms with van der Waals surface area (Å²) < 4.78 is 5.25. The molecule has 24 heavy (non-hydrogen) atoms. The molecular weight excluding hydrogens is 306 g/mol. The molecule has 0 aliphatic carbocycles. The van der Waals surface area contributed by atoms with Crippen LogP contribution in [0, 0.1) is 5.92 Å². The van der Waals surface area contributed by atoms with Gasteiger partial charge in [0.05, 0.1) is 12.8 Å². The molecule has 1 aromatic heterocycles. The molecule has 1 N–H and O–H groups in total. The SMILES string of the molecule is CC1CCN(C(=O)CN2CCN(C[C@@H](O)c3ccco3)CC2)CC1. The van der Waals surface area contributed by atoms with Crippen molar-refractivity contribution in [2.45, 2.75) is 25.9 Å². The van der Waals surface area contributed by atoms with Crippen molar-refractivity contribution in [2.24, 2.45) is 5.92 Å². The molecule has 2 fully saturated rings. The minimum atomic E-state index is -0.580. The fourth-order valence-electron chi connectivity index (χ4n) is 3.49. The van der Waals surface area contributed by atoms with Crippen LogP contribution in [0.4, 0.5) is 0 Å². The summed E-state index contributed by atoms with van der Waals surface area (Å²) in [7, 11) is 0.